The zero-order valence-electron chi connectivity index (χ0n) is 15.6. The average Bonchev–Trinajstić information content (AvgIpc) is 3.05. The van der Waals surface area contributed by atoms with E-state index in [1.165, 1.54) is 5.01 Å². The summed E-state index contributed by atoms with van der Waals surface area (Å²) in [5.74, 6) is -0.0993. The lowest BCUT2D eigenvalue weighted by molar-refractivity contribution is -0.132. The van der Waals surface area contributed by atoms with Gasteiger partial charge in [0.1, 0.15) is 0 Å². The van der Waals surface area contributed by atoms with Crippen LogP contribution in [0.3, 0.4) is 0 Å². The second-order valence-electron chi connectivity index (χ2n) is 6.63. The van der Waals surface area contributed by atoms with Crippen LogP contribution in [0.25, 0.3) is 0 Å². The molecule has 0 saturated heterocycles. The van der Waals surface area contributed by atoms with Gasteiger partial charge in [0.15, 0.2) is 0 Å². The summed E-state index contributed by atoms with van der Waals surface area (Å²) in [6.07, 6.45) is 1.96. The normalized spacial score (nSPS) is 16.9. The van der Waals surface area contributed by atoms with Crippen molar-refractivity contribution in [2.75, 3.05) is 11.0 Å². The van der Waals surface area contributed by atoms with Crippen molar-refractivity contribution >= 4 is 27.3 Å². The van der Waals surface area contributed by atoms with Gasteiger partial charge in [0.2, 0.25) is 15.9 Å². The molecule has 1 N–H and O–H groups in total. The zero-order chi connectivity index (χ0) is 19.6. The SMILES string of the molecule is CCC(=O)N1N=C(c2ccccc2C)C[C@@H]1c1ccccc1NS(C)(=O)=O. The number of rotatable bonds is 5. The molecule has 0 bridgehead atoms. The lowest BCUT2D eigenvalue weighted by atomic mass is 9.95. The van der Waals surface area contributed by atoms with Crippen LogP contribution in [0.1, 0.15) is 42.5 Å². The van der Waals surface area contributed by atoms with E-state index in [2.05, 4.69) is 9.82 Å². The van der Waals surface area contributed by atoms with Gasteiger partial charge in [-0.15, -0.1) is 0 Å². The number of hydrazone groups is 1. The topological polar surface area (TPSA) is 78.8 Å². The predicted octanol–water partition coefficient (Wildman–Crippen LogP) is 3.45. The highest BCUT2D eigenvalue weighted by Crippen LogP contribution is 2.37. The molecule has 1 aliphatic heterocycles. The van der Waals surface area contributed by atoms with E-state index in [0.717, 1.165) is 28.7 Å². The van der Waals surface area contributed by atoms with Crippen molar-refractivity contribution in [2.45, 2.75) is 32.7 Å². The molecule has 0 fully saturated rings. The second kappa shape index (κ2) is 7.52. The maximum absolute atomic E-state index is 12.5. The first-order valence-corrected chi connectivity index (χ1v) is 10.7. The molecule has 27 heavy (non-hydrogen) atoms. The fourth-order valence-electron chi connectivity index (χ4n) is 3.28. The summed E-state index contributed by atoms with van der Waals surface area (Å²) in [5.41, 5.74) is 4.12. The predicted molar refractivity (Wildman–Crippen MR) is 107 cm³/mol. The van der Waals surface area contributed by atoms with Gasteiger partial charge in [0.25, 0.3) is 0 Å². The molecule has 1 atom stereocenters. The molecule has 2 aromatic rings. The highest BCUT2D eigenvalue weighted by molar-refractivity contribution is 7.92. The van der Waals surface area contributed by atoms with Crippen molar-refractivity contribution in [1.29, 1.82) is 0 Å². The lowest BCUT2D eigenvalue weighted by Crippen LogP contribution is -2.27. The van der Waals surface area contributed by atoms with Gasteiger partial charge in [-0.25, -0.2) is 13.4 Å². The Morgan fingerprint density at radius 3 is 2.52 bits per heavy atom. The fourth-order valence-corrected chi connectivity index (χ4v) is 3.87. The number of anilines is 1. The Hall–Kier alpha value is -2.67. The standard InChI is InChI=1S/C20H23N3O3S/c1-4-20(24)23-19(13-18(21-23)15-10-6-5-9-14(15)2)16-11-7-8-12-17(16)22-27(3,25)26/h5-12,19,22H,4,13H2,1-3H3/t19-/m1/s1. The molecule has 0 saturated carbocycles. The third-order valence-electron chi connectivity index (χ3n) is 4.54. The van der Waals surface area contributed by atoms with Gasteiger partial charge in [0, 0.05) is 24.0 Å². The number of sulfonamides is 1. The molecule has 6 nitrogen and oxygen atoms in total. The maximum Gasteiger partial charge on any atom is 0.242 e. The van der Waals surface area contributed by atoms with Gasteiger partial charge in [-0.05, 0) is 18.6 Å². The Morgan fingerprint density at radius 1 is 1.19 bits per heavy atom. The van der Waals surface area contributed by atoms with Crippen LogP contribution in [0.2, 0.25) is 0 Å². The lowest BCUT2D eigenvalue weighted by Gasteiger charge is -2.24. The summed E-state index contributed by atoms with van der Waals surface area (Å²) >= 11 is 0. The molecule has 0 spiro atoms. The zero-order valence-corrected chi connectivity index (χ0v) is 16.5. The number of amides is 1. The third kappa shape index (κ3) is 4.19. The minimum absolute atomic E-state index is 0.0993. The van der Waals surface area contributed by atoms with Crippen LogP contribution in [0.5, 0.6) is 0 Å². The quantitative estimate of drug-likeness (QED) is 0.856. The molecule has 2 aromatic carbocycles. The first-order chi connectivity index (χ1) is 12.8. The van der Waals surface area contributed by atoms with Crippen LogP contribution in [0.4, 0.5) is 5.69 Å². The minimum atomic E-state index is -3.44. The van der Waals surface area contributed by atoms with Crippen LogP contribution in [-0.4, -0.2) is 31.3 Å². The molecule has 0 radical (unpaired) electrons. The summed E-state index contributed by atoms with van der Waals surface area (Å²) in [6, 6.07) is 14.7. The van der Waals surface area contributed by atoms with Crippen molar-refractivity contribution in [1.82, 2.24) is 5.01 Å². The number of hydrogen-bond acceptors (Lipinski definition) is 4. The monoisotopic (exact) mass is 385 g/mol. The smallest absolute Gasteiger partial charge is 0.242 e. The van der Waals surface area contributed by atoms with Crippen molar-refractivity contribution in [3.05, 3.63) is 65.2 Å². The number of nitrogens with zero attached hydrogens (tertiary/aromatic N) is 2. The molecule has 3 rings (SSSR count). The van der Waals surface area contributed by atoms with Crippen molar-refractivity contribution in [3.8, 4) is 0 Å². The van der Waals surface area contributed by atoms with E-state index in [4.69, 9.17) is 0 Å². The number of aryl methyl sites for hydroxylation is 1. The number of benzene rings is 2. The van der Waals surface area contributed by atoms with Crippen LogP contribution < -0.4 is 4.72 Å². The average molecular weight is 385 g/mol. The van der Waals surface area contributed by atoms with E-state index < -0.39 is 10.0 Å². The minimum Gasteiger partial charge on any atom is -0.283 e. The van der Waals surface area contributed by atoms with Gasteiger partial charge in [-0.2, -0.15) is 5.10 Å². The summed E-state index contributed by atoms with van der Waals surface area (Å²) in [7, 11) is -3.44. The Kier molecular flexibility index (Phi) is 5.32. The number of hydrogen-bond donors (Lipinski definition) is 1. The van der Waals surface area contributed by atoms with Crippen LogP contribution in [-0.2, 0) is 14.8 Å². The van der Waals surface area contributed by atoms with Crippen LogP contribution >= 0.6 is 0 Å². The van der Waals surface area contributed by atoms with Crippen LogP contribution in [0, 0.1) is 6.92 Å². The summed E-state index contributed by atoms with van der Waals surface area (Å²) in [6.45, 7) is 3.80. The summed E-state index contributed by atoms with van der Waals surface area (Å²) in [4.78, 5) is 12.5. The maximum atomic E-state index is 12.5. The van der Waals surface area contributed by atoms with Crippen molar-refractivity contribution < 1.29 is 13.2 Å². The number of nitrogens with one attached hydrogen (secondary N) is 1. The molecule has 0 unspecified atom stereocenters. The van der Waals surface area contributed by atoms with E-state index in [0.29, 0.717) is 18.5 Å². The Labute approximate surface area is 159 Å². The molecule has 1 heterocycles. The van der Waals surface area contributed by atoms with E-state index in [1.54, 1.807) is 19.1 Å². The Balaban J connectivity index is 2.04. The van der Waals surface area contributed by atoms with Gasteiger partial charge < -0.3 is 0 Å². The molecular formula is C20H23N3O3S. The van der Waals surface area contributed by atoms with E-state index in [1.807, 2.05) is 43.3 Å². The first kappa shape index (κ1) is 19.1. The second-order valence-corrected chi connectivity index (χ2v) is 8.38. The Morgan fingerprint density at radius 2 is 1.85 bits per heavy atom. The van der Waals surface area contributed by atoms with E-state index in [9.17, 15) is 13.2 Å². The fraction of sp³-hybridized carbons (Fsp3) is 0.300. The first-order valence-electron chi connectivity index (χ1n) is 8.82. The van der Waals surface area contributed by atoms with E-state index in [-0.39, 0.29) is 11.9 Å². The number of para-hydroxylation sites is 1. The van der Waals surface area contributed by atoms with Gasteiger partial charge in [0.05, 0.1) is 23.7 Å². The van der Waals surface area contributed by atoms with Crippen LogP contribution in [0.15, 0.2) is 53.6 Å². The molecule has 1 amide bonds. The molecule has 0 aliphatic carbocycles. The Bertz CT molecular complexity index is 999. The molecule has 7 heteroatoms. The summed E-state index contributed by atoms with van der Waals surface area (Å²) in [5, 5.41) is 6.10. The molecule has 1 aliphatic rings. The number of carbonyl (C=O) groups is 1. The van der Waals surface area contributed by atoms with E-state index >= 15 is 0 Å². The highest BCUT2D eigenvalue weighted by atomic mass is 32.2. The van der Waals surface area contributed by atoms with Gasteiger partial charge in [-0.3, -0.25) is 9.52 Å². The molecule has 0 aromatic heterocycles. The van der Waals surface area contributed by atoms with Gasteiger partial charge in [-0.1, -0.05) is 49.4 Å². The van der Waals surface area contributed by atoms with Gasteiger partial charge >= 0.3 is 0 Å². The third-order valence-corrected chi connectivity index (χ3v) is 5.13. The summed E-state index contributed by atoms with van der Waals surface area (Å²) < 4.78 is 26.1. The molecular weight excluding hydrogens is 362 g/mol. The highest BCUT2D eigenvalue weighted by Gasteiger charge is 2.34. The number of carbonyl (C=O) groups excluding carboxylic acids is 1. The van der Waals surface area contributed by atoms with Crippen molar-refractivity contribution in [2.24, 2.45) is 5.10 Å². The van der Waals surface area contributed by atoms with Crippen molar-refractivity contribution in [3.63, 3.8) is 0 Å². The molecule has 142 valence electrons. The largest absolute Gasteiger partial charge is 0.283 e.